The molecule has 0 aliphatic heterocycles. The van der Waals surface area contributed by atoms with Crippen molar-refractivity contribution in [1.29, 1.82) is 0 Å². The third kappa shape index (κ3) is 3.91. The molecule has 0 aliphatic rings. The number of hydrogen-bond acceptors (Lipinski definition) is 6. The number of benzene rings is 2. The molecule has 32 heavy (non-hydrogen) atoms. The summed E-state index contributed by atoms with van der Waals surface area (Å²) in [5, 5.41) is 13.0. The van der Waals surface area contributed by atoms with Gasteiger partial charge in [0.2, 0.25) is 5.13 Å². The topological polar surface area (TPSA) is 106 Å². The van der Waals surface area contributed by atoms with Crippen LogP contribution in [0.25, 0.3) is 15.3 Å². The Kier molecular flexibility index (Phi) is 5.38. The van der Waals surface area contributed by atoms with Gasteiger partial charge >= 0.3 is 6.18 Å². The lowest BCUT2D eigenvalue weighted by Crippen LogP contribution is -2.21. The number of aromatic amines is 1. The van der Waals surface area contributed by atoms with Gasteiger partial charge in [-0.2, -0.15) is 17.9 Å². The summed E-state index contributed by atoms with van der Waals surface area (Å²) in [6.07, 6.45) is -4.82. The van der Waals surface area contributed by atoms with E-state index in [0.717, 1.165) is 20.7 Å². The molecular formula is C20H14F3N5O3S. The minimum atomic E-state index is -4.85. The Labute approximate surface area is 181 Å². The van der Waals surface area contributed by atoms with E-state index in [0.29, 0.717) is 5.52 Å². The zero-order valence-electron chi connectivity index (χ0n) is 16.4. The van der Waals surface area contributed by atoms with Gasteiger partial charge in [0.15, 0.2) is 5.69 Å². The third-order valence-corrected chi connectivity index (χ3v) is 5.62. The van der Waals surface area contributed by atoms with Crippen LogP contribution >= 0.6 is 11.3 Å². The van der Waals surface area contributed by atoms with E-state index in [-0.39, 0.29) is 28.6 Å². The maximum absolute atomic E-state index is 13.8. The summed E-state index contributed by atoms with van der Waals surface area (Å²) in [6.45, 7) is 1.57. The van der Waals surface area contributed by atoms with Crippen molar-refractivity contribution < 1.29 is 18.1 Å². The lowest BCUT2D eigenvalue weighted by Gasteiger charge is -2.07. The first-order valence-electron chi connectivity index (χ1n) is 9.29. The Balaban J connectivity index is 1.88. The molecule has 0 bridgehead atoms. The monoisotopic (exact) mass is 461 g/mol. The summed E-state index contributed by atoms with van der Waals surface area (Å²) in [5.74, 6) is 0. The molecule has 8 nitrogen and oxygen atoms in total. The summed E-state index contributed by atoms with van der Waals surface area (Å²) < 4.78 is 42.9. The highest BCUT2D eigenvalue weighted by atomic mass is 32.1. The van der Waals surface area contributed by atoms with Gasteiger partial charge in [-0.3, -0.25) is 25.0 Å². The lowest BCUT2D eigenvalue weighted by molar-refractivity contribution is -0.384. The van der Waals surface area contributed by atoms with Crippen LogP contribution < -0.4 is 5.56 Å². The number of H-pyrrole nitrogens is 1. The molecule has 0 spiro atoms. The van der Waals surface area contributed by atoms with Gasteiger partial charge in [0.05, 0.1) is 32.1 Å². The number of aliphatic imine (C=N–C) groups is 1. The highest BCUT2D eigenvalue weighted by molar-refractivity contribution is 7.20. The minimum Gasteiger partial charge on any atom is -0.284 e. The van der Waals surface area contributed by atoms with Crippen molar-refractivity contribution in [2.24, 2.45) is 4.99 Å². The number of halogens is 3. The predicted molar refractivity (Wildman–Crippen MR) is 114 cm³/mol. The van der Waals surface area contributed by atoms with Crippen molar-refractivity contribution in [2.45, 2.75) is 19.5 Å². The van der Waals surface area contributed by atoms with Gasteiger partial charge in [0.25, 0.3) is 11.2 Å². The fraction of sp³-hybridized carbons (Fsp3) is 0.150. The van der Waals surface area contributed by atoms with E-state index in [1.54, 1.807) is 31.2 Å². The first kappa shape index (κ1) is 21.4. The maximum atomic E-state index is 13.8. The molecule has 4 rings (SSSR count). The molecule has 4 aromatic rings. The third-order valence-electron chi connectivity index (χ3n) is 4.60. The lowest BCUT2D eigenvalue weighted by atomic mass is 10.1. The molecule has 0 atom stereocenters. The Bertz CT molecular complexity index is 1370. The van der Waals surface area contributed by atoms with Crippen LogP contribution in [0.2, 0.25) is 0 Å². The van der Waals surface area contributed by atoms with Crippen molar-refractivity contribution >= 4 is 38.6 Å². The number of alkyl halides is 3. The van der Waals surface area contributed by atoms with Crippen LogP contribution in [0.1, 0.15) is 24.6 Å². The molecule has 2 heterocycles. The Morgan fingerprint density at radius 2 is 1.91 bits per heavy atom. The number of nitro groups is 1. The number of para-hydroxylation sites is 1. The first-order chi connectivity index (χ1) is 15.2. The zero-order chi connectivity index (χ0) is 23.0. The smallest absolute Gasteiger partial charge is 0.284 e. The van der Waals surface area contributed by atoms with Crippen LogP contribution in [-0.2, 0) is 6.18 Å². The average molecular weight is 461 g/mol. The Hall–Kier alpha value is -3.80. The average Bonchev–Trinajstić information content (AvgIpc) is 3.33. The van der Waals surface area contributed by atoms with Crippen molar-refractivity contribution in [3.63, 3.8) is 0 Å². The van der Waals surface area contributed by atoms with Gasteiger partial charge < -0.3 is 0 Å². The fourth-order valence-corrected chi connectivity index (χ4v) is 4.04. The van der Waals surface area contributed by atoms with Gasteiger partial charge in [-0.15, -0.1) is 0 Å². The van der Waals surface area contributed by atoms with E-state index in [4.69, 9.17) is 0 Å². The molecule has 2 aromatic carbocycles. The molecule has 0 saturated heterocycles. The normalized spacial score (nSPS) is 12.4. The minimum absolute atomic E-state index is 0.0208. The molecule has 12 heteroatoms. The summed E-state index contributed by atoms with van der Waals surface area (Å²) in [6, 6.07) is 11.9. The van der Waals surface area contributed by atoms with Crippen LogP contribution in [0, 0.1) is 10.1 Å². The standard InChI is InChI=1S/C20H14F3N5O3S/c1-2-13(24-11-7-9-12(10-8-11)28(30)31)16-17(20(21,22)23)26-27(18(16)29)19-25-14-5-3-4-6-15(14)32-19/h3-10,26H,2H2,1H3. The molecule has 2 aromatic heterocycles. The summed E-state index contributed by atoms with van der Waals surface area (Å²) >= 11 is 1.07. The number of nitrogens with zero attached hydrogens (tertiary/aromatic N) is 4. The number of rotatable bonds is 5. The SMILES string of the molecule is CCC(=Nc1ccc([N+](=O)[O-])cc1)c1c(C(F)(F)F)[nH]n(-c2nc3ccccc3s2)c1=O. The number of hydrogen-bond donors (Lipinski definition) is 1. The zero-order valence-corrected chi connectivity index (χ0v) is 17.2. The van der Waals surface area contributed by atoms with Crippen LogP contribution in [0.3, 0.4) is 0 Å². The van der Waals surface area contributed by atoms with Crippen LogP contribution in [0.15, 0.2) is 58.3 Å². The first-order valence-corrected chi connectivity index (χ1v) is 10.1. The molecule has 0 amide bonds. The van der Waals surface area contributed by atoms with Gasteiger partial charge in [0, 0.05) is 12.1 Å². The molecule has 0 saturated carbocycles. The number of non-ortho nitro benzene ring substituents is 1. The van der Waals surface area contributed by atoms with E-state index in [9.17, 15) is 28.1 Å². The maximum Gasteiger partial charge on any atom is 0.433 e. The van der Waals surface area contributed by atoms with E-state index >= 15 is 0 Å². The van der Waals surface area contributed by atoms with E-state index in [2.05, 4.69) is 15.1 Å². The van der Waals surface area contributed by atoms with Gasteiger partial charge in [0.1, 0.15) is 0 Å². The van der Waals surface area contributed by atoms with E-state index < -0.39 is 27.9 Å². The molecule has 0 radical (unpaired) electrons. The fourth-order valence-electron chi connectivity index (χ4n) is 3.12. The highest BCUT2D eigenvalue weighted by Gasteiger charge is 2.39. The van der Waals surface area contributed by atoms with Crippen molar-refractivity contribution in [2.75, 3.05) is 0 Å². The largest absolute Gasteiger partial charge is 0.433 e. The molecule has 0 unspecified atom stereocenters. The molecule has 1 N–H and O–H groups in total. The number of thiazole rings is 1. The Morgan fingerprint density at radius 1 is 1.22 bits per heavy atom. The quantitative estimate of drug-likeness (QED) is 0.249. The van der Waals surface area contributed by atoms with Crippen molar-refractivity contribution in [3.8, 4) is 5.13 Å². The second-order valence-electron chi connectivity index (χ2n) is 6.65. The predicted octanol–water partition coefficient (Wildman–Crippen LogP) is 5.23. The molecule has 164 valence electrons. The van der Waals surface area contributed by atoms with Crippen LogP contribution in [0.5, 0.6) is 0 Å². The van der Waals surface area contributed by atoms with Gasteiger partial charge in [-0.1, -0.05) is 30.4 Å². The number of aromatic nitrogens is 3. The number of nitro benzene ring substituents is 1. The van der Waals surface area contributed by atoms with Crippen molar-refractivity contribution in [1.82, 2.24) is 14.8 Å². The van der Waals surface area contributed by atoms with Gasteiger partial charge in [-0.05, 0) is 30.7 Å². The van der Waals surface area contributed by atoms with Gasteiger partial charge in [-0.25, -0.2) is 4.98 Å². The molecule has 0 fully saturated rings. The summed E-state index contributed by atoms with van der Waals surface area (Å²) in [5.41, 5.74) is -2.32. The summed E-state index contributed by atoms with van der Waals surface area (Å²) in [4.78, 5) is 31.7. The molecular weight excluding hydrogens is 447 g/mol. The number of fused-ring (bicyclic) bond motifs is 1. The summed E-state index contributed by atoms with van der Waals surface area (Å²) in [7, 11) is 0. The highest BCUT2D eigenvalue weighted by Crippen LogP contribution is 2.32. The Morgan fingerprint density at radius 3 is 2.50 bits per heavy atom. The molecule has 0 aliphatic carbocycles. The number of nitrogens with one attached hydrogen (secondary N) is 1. The second-order valence-corrected chi connectivity index (χ2v) is 7.66. The van der Waals surface area contributed by atoms with Crippen LogP contribution in [0.4, 0.5) is 24.5 Å². The van der Waals surface area contributed by atoms with E-state index in [1.807, 2.05) is 0 Å². The second kappa shape index (κ2) is 8.04. The van der Waals surface area contributed by atoms with E-state index in [1.165, 1.54) is 24.3 Å². The van der Waals surface area contributed by atoms with Crippen molar-refractivity contribution in [3.05, 3.63) is 80.3 Å². The van der Waals surface area contributed by atoms with Crippen LogP contribution in [-0.4, -0.2) is 25.4 Å².